The number of thioether (sulfide) groups is 1. The summed E-state index contributed by atoms with van der Waals surface area (Å²) in [6, 6.07) is 31.3. The van der Waals surface area contributed by atoms with E-state index in [0.29, 0.717) is 6.61 Å². The van der Waals surface area contributed by atoms with Crippen LogP contribution < -0.4 is 10.4 Å². The van der Waals surface area contributed by atoms with Crippen molar-refractivity contribution in [2.24, 2.45) is 0 Å². The van der Waals surface area contributed by atoms with Crippen molar-refractivity contribution in [1.82, 2.24) is 0 Å². The molecule has 2 heterocycles. The van der Waals surface area contributed by atoms with Gasteiger partial charge in [-0.3, -0.25) is 0 Å². The highest BCUT2D eigenvalue weighted by Gasteiger charge is 2.58. The lowest BCUT2D eigenvalue weighted by atomic mass is 9.98. The molecule has 7 heteroatoms. The molecule has 0 N–H and O–H groups in total. The lowest BCUT2D eigenvalue weighted by molar-refractivity contribution is -0.316. The molecule has 2 fully saturated rings. The third kappa shape index (κ3) is 5.61. The van der Waals surface area contributed by atoms with Gasteiger partial charge in [-0.05, 0) is 21.7 Å². The van der Waals surface area contributed by atoms with E-state index in [0.717, 1.165) is 5.56 Å². The van der Waals surface area contributed by atoms with Gasteiger partial charge in [0.25, 0.3) is 8.32 Å². The Balaban J connectivity index is 1.65. The number of rotatable bonds is 8. The van der Waals surface area contributed by atoms with E-state index in [-0.39, 0.29) is 16.6 Å². The van der Waals surface area contributed by atoms with E-state index in [2.05, 4.69) is 93.7 Å². The smallest absolute Gasteiger partial charge is 0.261 e. The van der Waals surface area contributed by atoms with Gasteiger partial charge in [0.15, 0.2) is 12.4 Å². The van der Waals surface area contributed by atoms with Crippen LogP contribution in [-0.4, -0.2) is 51.0 Å². The van der Waals surface area contributed by atoms with Gasteiger partial charge in [-0.1, -0.05) is 124 Å². The maximum absolute atomic E-state index is 7.68. The first-order valence-electron chi connectivity index (χ1n) is 13.7. The summed E-state index contributed by atoms with van der Waals surface area (Å²) in [4.78, 5) is 0. The van der Waals surface area contributed by atoms with Crippen LogP contribution in [0.15, 0.2) is 110 Å². The van der Waals surface area contributed by atoms with E-state index < -0.39 is 32.9 Å². The minimum absolute atomic E-state index is 0.221. The Morgan fingerprint density at radius 3 is 1.98 bits per heavy atom. The molecule has 210 valence electrons. The Hall–Kier alpha value is -2.61. The monoisotopic (exact) mass is 574 g/mol. The zero-order valence-corrected chi connectivity index (χ0v) is 25.4. The quantitative estimate of drug-likeness (QED) is 0.192. The summed E-state index contributed by atoms with van der Waals surface area (Å²) in [6.45, 7) is 11.0. The Morgan fingerprint density at radius 2 is 1.45 bits per heavy atom. The molecule has 3 aromatic rings. The van der Waals surface area contributed by atoms with Crippen molar-refractivity contribution in [2.45, 2.75) is 62.0 Å². The van der Waals surface area contributed by atoms with Crippen molar-refractivity contribution in [1.29, 1.82) is 0 Å². The summed E-state index contributed by atoms with van der Waals surface area (Å²) < 4.78 is 33.4. The van der Waals surface area contributed by atoms with Crippen molar-refractivity contribution in [3.63, 3.8) is 0 Å². The summed E-state index contributed by atoms with van der Waals surface area (Å²) >= 11 is 1.59. The molecule has 5 rings (SSSR count). The van der Waals surface area contributed by atoms with Crippen molar-refractivity contribution in [2.75, 3.05) is 12.9 Å². The second-order valence-electron chi connectivity index (χ2n) is 11.1. The summed E-state index contributed by atoms with van der Waals surface area (Å²) in [5.41, 5.74) is 3.43. The van der Waals surface area contributed by atoms with Crippen LogP contribution in [0.1, 0.15) is 32.6 Å². The van der Waals surface area contributed by atoms with Gasteiger partial charge in [-0.25, -0.2) is 0 Å². The predicted molar refractivity (Wildman–Crippen MR) is 163 cm³/mol. The van der Waals surface area contributed by atoms with Gasteiger partial charge < -0.3 is 23.4 Å². The van der Waals surface area contributed by atoms with Gasteiger partial charge in [-0.2, -0.15) is 0 Å². The van der Waals surface area contributed by atoms with Gasteiger partial charge in [0.05, 0.1) is 6.61 Å². The fourth-order valence-corrected chi connectivity index (χ4v) is 11.2. The van der Waals surface area contributed by atoms with E-state index >= 15 is 0 Å². The van der Waals surface area contributed by atoms with E-state index in [4.69, 9.17) is 23.4 Å². The number of hydrogen-bond acceptors (Lipinski definition) is 6. The fraction of sp³-hybridized carbons (Fsp3) is 0.364. The maximum atomic E-state index is 7.68. The molecule has 0 amide bonds. The van der Waals surface area contributed by atoms with E-state index in [9.17, 15) is 0 Å². The SMILES string of the molecule is C=C=CO[C@H]1[C@@H](O[Si](c2ccccc2)(c2ccccc2)C(C)(C)C)[C@@H]2OC(c3ccccc3)OC[C@H]2O[C@@H]1SC. The molecule has 6 atom stereocenters. The first kappa shape index (κ1) is 28.9. The van der Waals surface area contributed by atoms with E-state index in [1.165, 1.54) is 16.6 Å². The van der Waals surface area contributed by atoms with E-state index in [1.54, 1.807) is 11.8 Å². The molecule has 1 unspecified atom stereocenters. The Labute approximate surface area is 243 Å². The van der Waals surface area contributed by atoms with Crippen LogP contribution >= 0.6 is 11.8 Å². The molecule has 40 heavy (non-hydrogen) atoms. The van der Waals surface area contributed by atoms with E-state index in [1.807, 2.05) is 36.6 Å². The number of fused-ring (bicyclic) bond motifs is 1. The highest BCUT2D eigenvalue weighted by atomic mass is 32.2. The van der Waals surface area contributed by atoms with Crippen LogP contribution in [0.25, 0.3) is 0 Å². The highest BCUT2D eigenvalue weighted by molar-refractivity contribution is 7.99. The minimum atomic E-state index is -2.95. The molecule has 5 nitrogen and oxygen atoms in total. The highest BCUT2D eigenvalue weighted by Crippen LogP contribution is 2.43. The van der Waals surface area contributed by atoms with Crippen LogP contribution in [-0.2, 0) is 23.4 Å². The average Bonchev–Trinajstić information content (AvgIpc) is 2.99. The summed E-state index contributed by atoms with van der Waals surface area (Å²) in [5.74, 6) is 0. The van der Waals surface area contributed by atoms with Gasteiger partial charge >= 0.3 is 0 Å². The molecule has 2 saturated heterocycles. The van der Waals surface area contributed by atoms with Gasteiger partial charge in [0, 0.05) is 5.56 Å². The molecule has 0 aliphatic carbocycles. The summed E-state index contributed by atoms with van der Waals surface area (Å²) in [7, 11) is -2.95. The van der Waals surface area contributed by atoms with Gasteiger partial charge in [0.1, 0.15) is 30.0 Å². The van der Waals surface area contributed by atoms with Crippen molar-refractivity contribution < 1.29 is 23.4 Å². The van der Waals surface area contributed by atoms with Gasteiger partial charge in [-0.15, -0.1) is 11.8 Å². The standard InChI is InChI=1S/C33H38O5SSi/c1-6-22-34-30-29(28-27(36-32(30)39-5)23-35-31(37-28)24-16-10-7-11-17-24)38-40(33(2,3)4,25-18-12-8-13-19-25)26-20-14-9-15-21-26/h7-22,27-32H,1,23H2,2-5H3/t27-,28-,29+,30+,31?,32-/m1/s1. The Morgan fingerprint density at radius 1 is 0.875 bits per heavy atom. The largest absolute Gasteiger partial charge is 0.483 e. The number of hydrogen-bond donors (Lipinski definition) is 0. The molecule has 0 saturated carbocycles. The maximum Gasteiger partial charge on any atom is 0.261 e. The average molecular weight is 575 g/mol. The second-order valence-corrected chi connectivity index (χ2v) is 16.3. The molecular formula is C33H38O5SSi. The molecule has 0 bridgehead atoms. The van der Waals surface area contributed by atoms with Crippen LogP contribution in [0.3, 0.4) is 0 Å². The second kappa shape index (κ2) is 12.5. The third-order valence-corrected chi connectivity index (χ3v) is 13.5. The van der Waals surface area contributed by atoms with Crippen LogP contribution in [0, 0.1) is 0 Å². The zero-order valence-electron chi connectivity index (χ0n) is 23.6. The fourth-order valence-electron chi connectivity index (χ4n) is 5.82. The van der Waals surface area contributed by atoms with Crippen LogP contribution in [0.5, 0.6) is 0 Å². The number of ether oxygens (including phenoxy) is 4. The number of benzene rings is 3. The summed E-state index contributed by atoms with van der Waals surface area (Å²) in [6.07, 6.45) is 1.35. The summed E-state index contributed by atoms with van der Waals surface area (Å²) in [5, 5.41) is 2.17. The first-order valence-corrected chi connectivity index (χ1v) is 16.9. The lowest BCUT2D eigenvalue weighted by Gasteiger charge is -2.53. The Kier molecular flexibility index (Phi) is 9.03. The molecular weight excluding hydrogens is 537 g/mol. The van der Waals surface area contributed by atoms with Crippen molar-refractivity contribution in [3.8, 4) is 0 Å². The molecule has 0 spiro atoms. The van der Waals surface area contributed by atoms with Crippen molar-refractivity contribution in [3.05, 3.63) is 115 Å². The third-order valence-electron chi connectivity index (χ3n) is 7.63. The lowest BCUT2D eigenvalue weighted by Crippen LogP contribution is -2.72. The topological polar surface area (TPSA) is 46.2 Å². The van der Waals surface area contributed by atoms with Crippen LogP contribution in [0.4, 0.5) is 0 Å². The minimum Gasteiger partial charge on any atom is -0.483 e. The zero-order chi connectivity index (χ0) is 28.2. The molecule has 2 aliphatic rings. The van der Waals surface area contributed by atoms with Crippen molar-refractivity contribution >= 4 is 30.5 Å². The molecule has 2 aliphatic heterocycles. The predicted octanol–water partition coefficient (Wildman–Crippen LogP) is 5.82. The molecule has 0 aromatic heterocycles. The Bertz CT molecular complexity index is 1240. The van der Waals surface area contributed by atoms with Crippen LogP contribution in [0.2, 0.25) is 5.04 Å². The first-order chi connectivity index (χ1) is 19.4. The normalized spacial score (nSPS) is 26.8. The van der Waals surface area contributed by atoms with Gasteiger partial charge in [0.2, 0.25) is 0 Å². The molecule has 3 aromatic carbocycles. The molecule has 0 radical (unpaired) electrons.